The van der Waals surface area contributed by atoms with Crippen LogP contribution in [0.3, 0.4) is 0 Å². The number of aromatic nitrogens is 1. The predicted molar refractivity (Wildman–Crippen MR) is 88.1 cm³/mol. The fraction of sp³-hybridized carbons (Fsp3) is 0.333. The lowest BCUT2D eigenvalue weighted by Crippen LogP contribution is -2.14. The first-order valence-corrected chi connectivity index (χ1v) is 9.57. The van der Waals surface area contributed by atoms with Crippen LogP contribution in [0.4, 0.5) is 5.13 Å². The molecule has 0 atom stereocenters. The van der Waals surface area contributed by atoms with Gasteiger partial charge in [0.1, 0.15) is 0 Å². The summed E-state index contributed by atoms with van der Waals surface area (Å²) in [6.45, 7) is 4.09. The van der Waals surface area contributed by atoms with Gasteiger partial charge in [0.25, 0.3) is 0 Å². The molecule has 0 radical (unpaired) electrons. The molecule has 5 nitrogen and oxygen atoms in total. The van der Waals surface area contributed by atoms with Crippen molar-refractivity contribution in [3.05, 3.63) is 40.9 Å². The van der Waals surface area contributed by atoms with E-state index in [-0.39, 0.29) is 17.2 Å². The average molecular weight is 338 g/mol. The second-order valence-corrected chi connectivity index (χ2v) is 8.25. The topological polar surface area (TPSA) is 76.1 Å². The van der Waals surface area contributed by atoms with Crippen LogP contribution in [0.25, 0.3) is 0 Å². The lowest BCUT2D eigenvalue weighted by molar-refractivity contribution is -0.115. The predicted octanol–water partition coefficient (Wildman–Crippen LogP) is 2.85. The van der Waals surface area contributed by atoms with Gasteiger partial charge in [-0.2, -0.15) is 0 Å². The number of anilines is 1. The number of hydrogen-bond donors (Lipinski definition) is 1. The van der Waals surface area contributed by atoms with Crippen LogP contribution in [-0.4, -0.2) is 25.6 Å². The lowest BCUT2D eigenvalue weighted by Gasteiger charge is -2.04. The minimum absolute atomic E-state index is 0.170. The van der Waals surface area contributed by atoms with Gasteiger partial charge >= 0.3 is 0 Å². The van der Waals surface area contributed by atoms with E-state index < -0.39 is 9.84 Å². The number of carbonyl (C=O) groups excluding carboxylic acids is 1. The van der Waals surface area contributed by atoms with Crippen LogP contribution in [-0.2, 0) is 21.1 Å². The molecule has 1 aromatic heterocycles. The molecule has 0 saturated carbocycles. The third-order valence-electron chi connectivity index (χ3n) is 3.08. The maximum atomic E-state index is 12.0. The van der Waals surface area contributed by atoms with Crippen molar-refractivity contribution >= 4 is 32.2 Å². The lowest BCUT2D eigenvalue weighted by atomic mass is 10.1. The van der Waals surface area contributed by atoms with E-state index in [1.54, 1.807) is 12.1 Å². The second kappa shape index (κ2) is 6.58. The Morgan fingerprint density at radius 1 is 1.27 bits per heavy atom. The van der Waals surface area contributed by atoms with Gasteiger partial charge in [-0.25, -0.2) is 13.4 Å². The number of hydrogen-bond acceptors (Lipinski definition) is 5. The Balaban J connectivity index is 1.99. The van der Waals surface area contributed by atoms with Crippen molar-refractivity contribution in [2.24, 2.45) is 0 Å². The summed E-state index contributed by atoms with van der Waals surface area (Å²) in [6.07, 6.45) is 1.34. The summed E-state index contributed by atoms with van der Waals surface area (Å²) in [5.41, 5.74) is 1.71. The second-order valence-electron chi connectivity index (χ2n) is 5.37. The fourth-order valence-electron chi connectivity index (χ4n) is 1.81. The Morgan fingerprint density at radius 2 is 1.91 bits per heavy atom. The van der Waals surface area contributed by atoms with Gasteiger partial charge < -0.3 is 5.32 Å². The van der Waals surface area contributed by atoms with E-state index in [0.717, 1.165) is 17.5 Å². The van der Waals surface area contributed by atoms with E-state index in [9.17, 15) is 13.2 Å². The number of nitrogens with zero attached hydrogens (tertiary/aromatic N) is 1. The van der Waals surface area contributed by atoms with Crippen LogP contribution >= 0.6 is 11.3 Å². The van der Waals surface area contributed by atoms with Crippen LogP contribution in [0.2, 0.25) is 0 Å². The molecule has 0 aliphatic rings. The molecule has 2 aromatic rings. The smallest absolute Gasteiger partial charge is 0.230 e. The molecule has 0 fully saturated rings. The minimum Gasteiger partial charge on any atom is -0.302 e. The fourth-order valence-corrected chi connectivity index (χ4v) is 3.33. The highest BCUT2D eigenvalue weighted by molar-refractivity contribution is 7.90. The van der Waals surface area contributed by atoms with Crippen molar-refractivity contribution in [1.29, 1.82) is 0 Å². The van der Waals surface area contributed by atoms with E-state index in [0.29, 0.717) is 11.0 Å². The van der Waals surface area contributed by atoms with Crippen molar-refractivity contribution < 1.29 is 13.2 Å². The first-order chi connectivity index (χ1) is 10.3. The molecular weight excluding hydrogens is 320 g/mol. The summed E-state index contributed by atoms with van der Waals surface area (Å²) < 4.78 is 22.8. The van der Waals surface area contributed by atoms with Crippen LogP contribution in [0.5, 0.6) is 0 Å². The highest BCUT2D eigenvalue weighted by atomic mass is 32.2. The first-order valence-electron chi connectivity index (χ1n) is 6.80. The van der Waals surface area contributed by atoms with Crippen molar-refractivity contribution in [1.82, 2.24) is 4.98 Å². The number of thiazole rings is 1. The highest BCUT2D eigenvalue weighted by Crippen LogP contribution is 2.21. The molecule has 118 valence electrons. The van der Waals surface area contributed by atoms with Crippen LogP contribution in [0.1, 0.15) is 31.0 Å². The number of rotatable bonds is 5. The molecule has 0 aliphatic heterocycles. The van der Waals surface area contributed by atoms with Crippen molar-refractivity contribution in [2.45, 2.75) is 31.1 Å². The maximum Gasteiger partial charge on any atom is 0.230 e. The Labute approximate surface area is 134 Å². The molecule has 22 heavy (non-hydrogen) atoms. The Morgan fingerprint density at radius 3 is 2.41 bits per heavy atom. The number of amides is 1. The third-order valence-corrected chi connectivity index (χ3v) is 4.98. The number of sulfone groups is 1. The molecule has 0 spiro atoms. The van der Waals surface area contributed by atoms with Gasteiger partial charge in [0.2, 0.25) is 5.91 Å². The monoisotopic (exact) mass is 338 g/mol. The van der Waals surface area contributed by atoms with Crippen LogP contribution in [0, 0.1) is 0 Å². The van der Waals surface area contributed by atoms with E-state index in [1.165, 1.54) is 23.5 Å². The normalized spacial score (nSPS) is 11.6. The summed E-state index contributed by atoms with van der Waals surface area (Å²) in [5.74, 6) is 0.155. The number of benzene rings is 1. The standard InChI is InChI=1S/C15H18N2O3S2/c1-10(2)13-9-21-15(16-13)17-14(18)8-11-4-6-12(7-5-11)22(3,19)20/h4-7,9-10H,8H2,1-3H3,(H,16,17,18). The number of nitrogens with one attached hydrogen (secondary N) is 1. The van der Waals surface area contributed by atoms with Gasteiger partial charge in [0.15, 0.2) is 15.0 Å². The van der Waals surface area contributed by atoms with Crippen molar-refractivity contribution in [3.63, 3.8) is 0 Å². The van der Waals surface area contributed by atoms with Gasteiger partial charge in [-0.05, 0) is 23.6 Å². The summed E-state index contributed by atoms with van der Waals surface area (Å²) in [4.78, 5) is 16.6. The average Bonchev–Trinajstić information content (AvgIpc) is 2.86. The van der Waals surface area contributed by atoms with Gasteiger partial charge in [-0.3, -0.25) is 4.79 Å². The van der Waals surface area contributed by atoms with Gasteiger partial charge in [0.05, 0.1) is 17.0 Å². The van der Waals surface area contributed by atoms with E-state index >= 15 is 0 Å². The zero-order chi connectivity index (χ0) is 16.3. The third kappa shape index (κ3) is 4.38. The Kier molecular flexibility index (Phi) is 4.97. The molecule has 1 N–H and O–H groups in total. The molecule has 0 bridgehead atoms. The molecule has 1 heterocycles. The van der Waals surface area contributed by atoms with E-state index in [4.69, 9.17) is 0 Å². The van der Waals surface area contributed by atoms with Crippen LogP contribution in [0.15, 0.2) is 34.5 Å². The molecule has 2 rings (SSSR count). The molecule has 1 aromatic carbocycles. The summed E-state index contributed by atoms with van der Waals surface area (Å²) in [5, 5.41) is 5.28. The molecule has 0 unspecified atom stereocenters. The maximum absolute atomic E-state index is 12.0. The molecular formula is C15H18N2O3S2. The SMILES string of the molecule is CC(C)c1csc(NC(=O)Cc2ccc(S(C)(=O)=O)cc2)n1. The molecule has 7 heteroatoms. The van der Waals surface area contributed by atoms with E-state index in [1.807, 2.05) is 19.2 Å². The van der Waals surface area contributed by atoms with Gasteiger partial charge in [0, 0.05) is 11.6 Å². The highest BCUT2D eigenvalue weighted by Gasteiger charge is 2.11. The van der Waals surface area contributed by atoms with Gasteiger partial charge in [-0.15, -0.1) is 11.3 Å². The van der Waals surface area contributed by atoms with Crippen molar-refractivity contribution in [3.8, 4) is 0 Å². The Bertz CT molecular complexity index is 762. The minimum atomic E-state index is -3.21. The van der Waals surface area contributed by atoms with Gasteiger partial charge in [-0.1, -0.05) is 26.0 Å². The summed E-state index contributed by atoms with van der Waals surface area (Å²) in [6, 6.07) is 6.32. The quantitative estimate of drug-likeness (QED) is 0.909. The van der Waals surface area contributed by atoms with Crippen LogP contribution < -0.4 is 5.32 Å². The Hall–Kier alpha value is -1.73. The molecule has 0 saturated heterocycles. The zero-order valence-corrected chi connectivity index (χ0v) is 14.3. The van der Waals surface area contributed by atoms with Crippen molar-refractivity contribution in [2.75, 3.05) is 11.6 Å². The summed E-state index contributed by atoms with van der Waals surface area (Å²) in [7, 11) is -3.21. The summed E-state index contributed by atoms with van der Waals surface area (Å²) >= 11 is 1.40. The molecule has 0 aliphatic carbocycles. The van der Waals surface area contributed by atoms with E-state index in [2.05, 4.69) is 10.3 Å². The molecule has 1 amide bonds. The first kappa shape index (κ1) is 16.6. The number of carbonyl (C=O) groups is 1. The largest absolute Gasteiger partial charge is 0.302 e. The zero-order valence-electron chi connectivity index (χ0n) is 12.7.